The van der Waals surface area contributed by atoms with Gasteiger partial charge in [0, 0.05) is 11.3 Å². The summed E-state index contributed by atoms with van der Waals surface area (Å²) in [6.07, 6.45) is 0. The molecule has 0 atom stereocenters. The Morgan fingerprint density at radius 2 is 1.61 bits per heavy atom. The summed E-state index contributed by atoms with van der Waals surface area (Å²) in [5.41, 5.74) is 3.60. The molecule has 2 N–H and O–H groups in total. The van der Waals surface area contributed by atoms with Crippen molar-refractivity contribution in [3.63, 3.8) is 0 Å². The van der Waals surface area contributed by atoms with Gasteiger partial charge in [-0.15, -0.1) is 0 Å². The minimum absolute atomic E-state index is 0.133. The molecule has 0 aliphatic rings. The first kappa shape index (κ1) is 24.0. The van der Waals surface area contributed by atoms with Gasteiger partial charge in [-0.1, -0.05) is 29.8 Å². The van der Waals surface area contributed by atoms with Gasteiger partial charge in [-0.2, -0.15) is 0 Å². The van der Waals surface area contributed by atoms with Crippen molar-refractivity contribution in [2.24, 2.45) is 0 Å². The van der Waals surface area contributed by atoms with Crippen molar-refractivity contribution in [2.75, 3.05) is 16.6 Å². The van der Waals surface area contributed by atoms with Crippen molar-refractivity contribution >= 4 is 33.3 Å². The van der Waals surface area contributed by atoms with Crippen LogP contribution in [0.3, 0.4) is 0 Å². The summed E-state index contributed by atoms with van der Waals surface area (Å²) in [5.74, 6) is -0.898. The van der Waals surface area contributed by atoms with Crippen molar-refractivity contribution in [1.29, 1.82) is 0 Å². The summed E-state index contributed by atoms with van der Waals surface area (Å²) in [7, 11) is -3.81. The second kappa shape index (κ2) is 9.87. The second-order valence-electron chi connectivity index (χ2n) is 7.60. The number of amides is 1. The first-order valence-electron chi connectivity index (χ1n) is 10.4. The van der Waals surface area contributed by atoms with Crippen LogP contribution in [0.15, 0.2) is 65.6 Å². The molecule has 172 valence electrons. The Morgan fingerprint density at radius 1 is 0.909 bits per heavy atom. The van der Waals surface area contributed by atoms with Crippen LogP contribution >= 0.6 is 0 Å². The van der Waals surface area contributed by atoms with Crippen LogP contribution in [0.5, 0.6) is 0 Å². The quantitative estimate of drug-likeness (QED) is 0.485. The van der Waals surface area contributed by atoms with Gasteiger partial charge < -0.3 is 10.1 Å². The molecule has 0 aromatic heterocycles. The number of benzene rings is 3. The molecule has 8 heteroatoms. The molecule has 3 aromatic rings. The largest absolute Gasteiger partial charge is 0.462 e. The summed E-state index contributed by atoms with van der Waals surface area (Å²) in [5, 5.41) is 2.81. The molecule has 0 aliphatic carbocycles. The van der Waals surface area contributed by atoms with E-state index in [4.69, 9.17) is 4.74 Å². The molecule has 0 saturated heterocycles. The lowest BCUT2D eigenvalue weighted by Crippen LogP contribution is -2.18. The number of carbonyl (C=O) groups excluding carboxylic acids is 2. The van der Waals surface area contributed by atoms with E-state index in [-0.39, 0.29) is 11.5 Å². The normalized spacial score (nSPS) is 11.0. The lowest BCUT2D eigenvalue weighted by molar-refractivity contribution is 0.0526. The van der Waals surface area contributed by atoms with Gasteiger partial charge >= 0.3 is 5.97 Å². The van der Waals surface area contributed by atoms with E-state index in [0.717, 1.165) is 11.1 Å². The van der Waals surface area contributed by atoms with Crippen molar-refractivity contribution in [3.8, 4) is 0 Å². The van der Waals surface area contributed by atoms with E-state index in [1.54, 1.807) is 62.4 Å². The Balaban J connectivity index is 1.86. The molecular formula is C25H26N2O5S. The lowest BCUT2D eigenvalue weighted by atomic mass is 10.1. The summed E-state index contributed by atoms with van der Waals surface area (Å²) in [6.45, 7) is 7.32. The minimum Gasteiger partial charge on any atom is -0.462 e. The van der Waals surface area contributed by atoms with Crippen molar-refractivity contribution < 1.29 is 22.7 Å². The number of rotatable bonds is 7. The van der Waals surface area contributed by atoms with Crippen LogP contribution in [-0.4, -0.2) is 26.9 Å². The topological polar surface area (TPSA) is 102 Å². The van der Waals surface area contributed by atoms with E-state index in [2.05, 4.69) is 10.0 Å². The van der Waals surface area contributed by atoms with Gasteiger partial charge in [0.15, 0.2) is 0 Å². The highest BCUT2D eigenvalue weighted by molar-refractivity contribution is 7.92. The van der Waals surface area contributed by atoms with Crippen LogP contribution in [0.1, 0.15) is 44.3 Å². The Morgan fingerprint density at radius 3 is 2.27 bits per heavy atom. The molecule has 3 aromatic carbocycles. The van der Waals surface area contributed by atoms with Crippen LogP contribution in [0.4, 0.5) is 11.4 Å². The van der Waals surface area contributed by atoms with Gasteiger partial charge in [0.2, 0.25) is 0 Å². The predicted molar refractivity (Wildman–Crippen MR) is 128 cm³/mol. The zero-order valence-electron chi connectivity index (χ0n) is 18.9. The standard InChI is InChI=1S/C25H26N2O5S/c1-5-32-25(29)19-12-11-17(3)23(15-19)26-24(28)21-7-6-8-22(18(21)4)27-33(30,31)20-13-9-16(2)10-14-20/h6-15,27H,5H2,1-4H3,(H,26,28). The Labute approximate surface area is 193 Å². The molecule has 0 aliphatic heterocycles. The lowest BCUT2D eigenvalue weighted by Gasteiger charge is -2.15. The van der Waals surface area contributed by atoms with Crippen LogP contribution in [0, 0.1) is 20.8 Å². The Bertz CT molecular complexity index is 1300. The number of nitrogens with one attached hydrogen (secondary N) is 2. The maximum atomic E-state index is 13.0. The second-order valence-corrected chi connectivity index (χ2v) is 9.28. The van der Waals surface area contributed by atoms with Gasteiger partial charge in [-0.05, 0) is 75.2 Å². The van der Waals surface area contributed by atoms with Crippen LogP contribution in [0.25, 0.3) is 0 Å². The van der Waals surface area contributed by atoms with Gasteiger partial charge in [0.1, 0.15) is 0 Å². The van der Waals surface area contributed by atoms with Crippen LogP contribution in [0.2, 0.25) is 0 Å². The molecule has 0 spiro atoms. The fraction of sp³-hybridized carbons (Fsp3) is 0.200. The SMILES string of the molecule is CCOC(=O)c1ccc(C)c(NC(=O)c2cccc(NS(=O)(=O)c3ccc(C)cc3)c2C)c1. The van der Waals surface area contributed by atoms with E-state index in [9.17, 15) is 18.0 Å². The number of anilines is 2. The number of esters is 1. The third kappa shape index (κ3) is 5.59. The molecule has 0 saturated carbocycles. The first-order valence-corrected chi connectivity index (χ1v) is 11.9. The average Bonchev–Trinajstić information content (AvgIpc) is 2.77. The molecule has 0 unspecified atom stereocenters. The van der Waals surface area contributed by atoms with E-state index in [0.29, 0.717) is 28.1 Å². The van der Waals surface area contributed by atoms with E-state index in [1.807, 2.05) is 13.8 Å². The molecular weight excluding hydrogens is 440 g/mol. The highest BCUT2D eigenvalue weighted by Gasteiger charge is 2.19. The molecule has 7 nitrogen and oxygen atoms in total. The molecule has 1 amide bonds. The first-order chi connectivity index (χ1) is 15.6. The minimum atomic E-state index is -3.81. The van der Waals surface area contributed by atoms with Crippen LogP contribution < -0.4 is 10.0 Å². The fourth-order valence-corrected chi connectivity index (χ4v) is 4.32. The summed E-state index contributed by atoms with van der Waals surface area (Å²) in [6, 6.07) is 16.2. The van der Waals surface area contributed by atoms with E-state index >= 15 is 0 Å². The molecule has 0 heterocycles. The summed E-state index contributed by atoms with van der Waals surface area (Å²) < 4.78 is 33.1. The average molecular weight is 467 g/mol. The van der Waals surface area contributed by atoms with Gasteiger partial charge in [-0.25, -0.2) is 13.2 Å². The molecule has 0 fully saturated rings. The van der Waals surface area contributed by atoms with Gasteiger partial charge in [0.25, 0.3) is 15.9 Å². The third-order valence-electron chi connectivity index (χ3n) is 5.15. The van der Waals surface area contributed by atoms with E-state index < -0.39 is 21.9 Å². The number of hydrogen-bond acceptors (Lipinski definition) is 5. The smallest absolute Gasteiger partial charge is 0.338 e. The molecule has 3 rings (SSSR count). The highest BCUT2D eigenvalue weighted by atomic mass is 32.2. The number of sulfonamides is 1. The maximum Gasteiger partial charge on any atom is 0.338 e. The van der Waals surface area contributed by atoms with Crippen molar-refractivity contribution in [2.45, 2.75) is 32.6 Å². The summed E-state index contributed by atoms with van der Waals surface area (Å²) >= 11 is 0. The predicted octanol–water partition coefficient (Wildman–Crippen LogP) is 4.84. The zero-order chi connectivity index (χ0) is 24.2. The molecule has 33 heavy (non-hydrogen) atoms. The molecule has 0 radical (unpaired) electrons. The van der Waals surface area contributed by atoms with Crippen molar-refractivity contribution in [3.05, 3.63) is 88.5 Å². The fourth-order valence-electron chi connectivity index (χ4n) is 3.20. The highest BCUT2D eigenvalue weighted by Crippen LogP contribution is 2.25. The maximum absolute atomic E-state index is 13.0. The third-order valence-corrected chi connectivity index (χ3v) is 6.53. The number of aryl methyl sites for hydroxylation is 2. The number of hydrogen-bond donors (Lipinski definition) is 2. The van der Waals surface area contributed by atoms with Crippen molar-refractivity contribution in [1.82, 2.24) is 0 Å². The Kier molecular flexibility index (Phi) is 7.18. The van der Waals surface area contributed by atoms with Crippen LogP contribution in [-0.2, 0) is 14.8 Å². The molecule has 0 bridgehead atoms. The Hall–Kier alpha value is -3.65. The van der Waals surface area contributed by atoms with Gasteiger partial charge in [0.05, 0.1) is 22.8 Å². The number of ether oxygens (including phenoxy) is 1. The zero-order valence-corrected chi connectivity index (χ0v) is 19.7. The number of carbonyl (C=O) groups is 2. The summed E-state index contributed by atoms with van der Waals surface area (Å²) in [4.78, 5) is 25.2. The van der Waals surface area contributed by atoms with E-state index in [1.165, 1.54) is 12.1 Å². The van der Waals surface area contributed by atoms with Gasteiger partial charge in [-0.3, -0.25) is 9.52 Å². The monoisotopic (exact) mass is 466 g/mol.